The lowest BCUT2D eigenvalue weighted by atomic mass is 10.1. The van der Waals surface area contributed by atoms with Crippen molar-refractivity contribution in [2.45, 2.75) is 25.9 Å². The lowest BCUT2D eigenvalue weighted by Crippen LogP contribution is -2.46. The highest BCUT2D eigenvalue weighted by molar-refractivity contribution is 5.99. The van der Waals surface area contributed by atoms with Gasteiger partial charge in [-0.2, -0.15) is 0 Å². The summed E-state index contributed by atoms with van der Waals surface area (Å²) in [4.78, 5) is 17.8. The van der Waals surface area contributed by atoms with E-state index in [2.05, 4.69) is 18.0 Å². The van der Waals surface area contributed by atoms with Gasteiger partial charge in [-0.1, -0.05) is 19.1 Å². The summed E-state index contributed by atoms with van der Waals surface area (Å²) in [5, 5.41) is 1.14. The van der Waals surface area contributed by atoms with Crippen LogP contribution in [0.4, 0.5) is 0 Å². The number of morpholine rings is 1. The van der Waals surface area contributed by atoms with Gasteiger partial charge in [-0.25, -0.2) is 0 Å². The molecule has 0 spiro atoms. The molecule has 1 aromatic heterocycles. The van der Waals surface area contributed by atoms with Gasteiger partial charge in [0.05, 0.1) is 12.7 Å². The van der Waals surface area contributed by atoms with Crippen LogP contribution in [0, 0.1) is 0 Å². The van der Waals surface area contributed by atoms with Crippen LogP contribution in [0.5, 0.6) is 0 Å². The van der Waals surface area contributed by atoms with Crippen molar-refractivity contribution < 1.29 is 9.53 Å². The van der Waals surface area contributed by atoms with E-state index in [-0.39, 0.29) is 12.0 Å². The van der Waals surface area contributed by atoms with Crippen LogP contribution in [0.15, 0.2) is 24.3 Å². The molecule has 0 radical (unpaired) electrons. The number of H-pyrrole nitrogens is 1. The van der Waals surface area contributed by atoms with Crippen molar-refractivity contribution in [1.82, 2.24) is 9.88 Å². The Hall–Kier alpha value is -1.85. The number of carbonyl (C=O) groups excluding carboxylic acids is 1. The highest BCUT2D eigenvalue weighted by Crippen LogP contribution is 2.22. The molecule has 5 nitrogen and oxygen atoms in total. The fourth-order valence-corrected chi connectivity index (χ4v) is 3.08. The highest BCUT2D eigenvalue weighted by Gasteiger charge is 2.25. The SMILES string of the molecule is CCc1cccc2[nH]c(C(=O)N3CCOC(CCN)C3)cc12. The van der Waals surface area contributed by atoms with Gasteiger partial charge in [0.15, 0.2) is 0 Å². The molecule has 118 valence electrons. The molecule has 1 fully saturated rings. The summed E-state index contributed by atoms with van der Waals surface area (Å²) < 4.78 is 5.65. The Morgan fingerprint density at radius 2 is 2.36 bits per heavy atom. The summed E-state index contributed by atoms with van der Waals surface area (Å²) in [5.41, 5.74) is 8.52. The van der Waals surface area contributed by atoms with Gasteiger partial charge in [0.2, 0.25) is 0 Å². The standard InChI is InChI=1S/C17H23N3O2/c1-2-12-4-3-5-15-14(12)10-16(19-15)17(21)20-8-9-22-13(11-20)6-7-18/h3-5,10,13,19H,2,6-9,11,18H2,1H3. The molecule has 3 N–H and O–H groups in total. The molecule has 2 heterocycles. The van der Waals surface area contributed by atoms with E-state index in [1.54, 1.807) is 0 Å². The van der Waals surface area contributed by atoms with Crippen molar-refractivity contribution in [1.29, 1.82) is 0 Å². The van der Waals surface area contributed by atoms with Crippen molar-refractivity contribution in [2.24, 2.45) is 5.73 Å². The third kappa shape index (κ3) is 2.87. The molecule has 1 aliphatic heterocycles. The van der Waals surface area contributed by atoms with Gasteiger partial charge < -0.3 is 20.4 Å². The topological polar surface area (TPSA) is 71.3 Å². The van der Waals surface area contributed by atoms with E-state index in [1.807, 2.05) is 23.1 Å². The van der Waals surface area contributed by atoms with Gasteiger partial charge >= 0.3 is 0 Å². The largest absolute Gasteiger partial charge is 0.374 e. The van der Waals surface area contributed by atoms with Crippen molar-refractivity contribution in [3.63, 3.8) is 0 Å². The van der Waals surface area contributed by atoms with Crippen LogP contribution in [0.25, 0.3) is 10.9 Å². The maximum Gasteiger partial charge on any atom is 0.270 e. The number of nitrogens with two attached hydrogens (primary N) is 1. The summed E-state index contributed by atoms with van der Waals surface area (Å²) in [7, 11) is 0. The first-order chi connectivity index (χ1) is 10.7. The van der Waals surface area contributed by atoms with E-state index in [4.69, 9.17) is 10.5 Å². The third-order valence-electron chi connectivity index (χ3n) is 4.28. The first-order valence-electron chi connectivity index (χ1n) is 7.94. The molecule has 2 aromatic rings. The normalized spacial score (nSPS) is 18.8. The van der Waals surface area contributed by atoms with Crippen LogP contribution in [0.1, 0.15) is 29.4 Å². The number of benzene rings is 1. The Labute approximate surface area is 130 Å². The Morgan fingerprint density at radius 1 is 1.50 bits per heavy atom. The number of hydrogen-bond donors (Lipinski definition) is 2. The molecule has 3 rings (SSSR count). The van der Waals surface area contributed by atoms with Gasteiger partial charge in [-0.15, -0.1) is 0 Å². The number of rotatable bonds is 4. The van der Waals surface area contributed by atoms with E-state index < -0.39 is 0 Å². The molecule has 0 bridgehead atoms. The summed E-state index contributed by atoms with van der Waals surface area (Å²) >= 11 is 0. The predicted octanol–water partition coefficient (Wildman–Crippen LogP) is 1.92. The number of carbonyl (C=O) groups is 1. The molecular formula is C17H23N3O2. The zero-order valence-corrected chi connectivity index (χ0v) is 13.0. The van der Waals surface area contributed by atoms with Crippen molar-refractivity contribution in [2.75, 3.05) is 26.2 Å². The number of amides is 1. The Bertz CT molecular complexity index is 663. The fraction of sp³-hybridized carbons (Fsp3) is 0.471. The molecule has 1 aliphatic rings. The summed E-state index contributed by atoms with van der Waals surface area (Å²) in [5.74, 6) is 0.0450. The molecule has 0 saturated carbocycles. The minimum Gasteiger partial charge on any atom is -0.374 e. The first-order valence-corrected chi connectivity index (χ1v) is 7.94. The Balaban J connectivity index is 1.82. The van der Waals surface area contributed by atoms with Gasteiger partial charge in [0, 0.05) is 24.0 Å². The summed E-state index contributed by atoms with van der Waals surface area (Å²) in [6.07, 6.45) is 1.80. The molecule has 22 heavy (non-hydrogen) atoms. The molecule has 1 unspecified atom stereocenters. The molecule has 1 amide bonds. The first kappa shape index (κ1) is 15.1. The third-order valence-corrected chi connectivity index (χ3v) is 4.28. The molecule has 0 aliphatic carbocycles. The zero-order chi connectivity index (χ0) is 15.5. The van der Waals surface area contributed by atoms with Crippen LogP contribution in [-0.4, -0.2) is 48.1 Å². The minimum atomic E-state index is 0.0450. The van der Waals surface area contributed by atoms with E-state index in [1.165, 1.54) is 5.56 Å². The van der Waals surface area contributed by atoms with Gasteiger partial charge in [-0.3, -0.25) is 4.79 Å². The second kappa shape index (κ2) is 6.50. The van der Waals surface area contributed by atoms with Gasteiger partial charge in [0.25, 0.3) is 5.91 Å². The Kier molecular flexibility index (Phi) is 4.45. The molecule has 1 aromatic carbocycles. The summed E-state index contributed by atoms with van der Waals surface area (Å²) in [6.45, 7) is 4.54. The quantitative estimate of drug-likeness (QED) is 0.906. The molecule has 1 atom stereocenters. The second-order valence-electron chi connectivity index (χ2n) is 5.74. The predicted molar refractivity (Wildman–Crippen MR) is 87.0 cm³/mol. The average molecular weight is 301 g/mol. The molecule has 1 saturated heterocycles. The number of nitrogens with one attached hydrogen (secondary N) is 1. The number of hydrogen-bond acceptors (Lipinski definition) is 3. The maximum atomic E-state index is 12.7. The highest BCUT2D eigenvalue weighted by atomic mass is 16.5. The van der Waals surface area contributed by atoms with Crippen LogP contribution in [-0.2, 0) is 11.2 Å². The minimum absolute atomic E-state index is 0.0450. The smallest absolute Gasteiger partial charge is 0.270 e. The van der Waals surface area contributed by atoms with E-state index in [0.29, 0.717) is 31.9 Å². The van der Waals surface area contributed by atoms with Crippen molar-refractivity contribution in [3.05, 3.63) is 35.5 Å². The zero-order valence-electron chi connectivity index (χ0n) is 13.0. The number of aromatic amines is 1. The summed E-state index contributed by atoms with van der Waals surface area (Å²) in [6, 6.07) is 8.13. The number of fused-ring (bicyclic) bond motifs is 1. The van der Waals surface area contributed by atoms with Crippen LogP contribution < -0.4 is 5.73 Å². The van der Waals surface area contributed by atoms with Crippen molar-refractivity contribution in [3.8, 4) is 0 Å². The van der Waals surface area contributed by atoms with Crippen LogP contribution in [0.3, 0.4) is 0 Å². The van der Waals surface area contributed by atoms with Gasteiger partial charge in [-0.05, 0) is 37.1 Å². The maximum absolute atomic E-state index is 12.7. The van der Waals surface area contributed by atoms with Crippen LogP contribution in [0.2, 0.25) is 0 Å². The number of aryl methyl sites for hydroxylation is 1. The monoisotopic (exact) mass is 301 g/mol. The second-order valence-corrected chi connectivity index (χ2v) is 5.74. The van der Waals surface area contributed by atoms with E-state index >= 15 is 0 Å². The van der Waals surface area contributed by atoms with Crippen molar-refractivity contribution >= 4 is 16.8 Å². The average Bonchev–Trinajstić information content (AvgIpc) is 2.98. The van der Waals surface area contributed by atoms with Gasteiger partial charge in [0.1, 0.15) is 5.69 Å². The molecular weight excluding hydrogens is 278 g/mol. The lowest BCUT2D eigenvalue weighted by molar-refractivity contribution is -0.0237. The number of aromatic nitrogens is 1. The Morgan fingerprint density at radius 3 is 3.14 bits per heavy atom. The fourth-order valence-electron chi connectivity index (χ4n) is 3.08. The van der Waals surface area contributed by atoms with Crippen LogP contribution >= 0.6 is 0 Å². The lowest BCUT2D eigenvalue weighted by Gasteiger charge is -2.32. The number of nitrogens with zero attached hydrogens (tertiary/aromatic N) is 1. The number of ether oxygens (including phenoxy) is 1. The van der Waals surface area contributed by atoms with E-state index in [9.17, 15) is 4.79 Å². The van der Waals surface area contributed by atoms with E-state index in [0.717, 1.165) is 23.7 Å². The molecule has 5 heteroatoms.